The van der Waals surface area contributed by atoms with Crippen LogP contribution in [0.1, 0.15) is 38.7 Å². The Kier molecular flexibility index (Phi) is 5.05. The molecule has 0 saturated carbocycles. The van der Waals surface area contributed by atoms with Crippen LogP contribution in [0.3, 0.4) is 0 Å². The monoisotopic (exact) mass is 362 g/mol. The number of rotatable bonds is 5. The maximum Gasteiger partial charge on any atom is 0.221 e. The van der Waals surface area contributed by atoms with E-state index in [0.29, 0.717) is 12.3 Å². The van der Waals surface area contributed by atoms with E-state index in [2.05, 4.69) is 72.6 Å². The molecule has 2 aromatic rings. The van der Waals surface area contributed by atoms with Crippen LogP contribution in [0.4, 0.5) is 0 Å². The second kappa shape index (κ2) is 7.47. The molecule has 3 heteroatoms. The number of carbonyl (C=O) groups excluding carboxylic acids is 1. The van der Waals surface area contributed by atoms with Gasteiger partial charge in [0.15, 0.2) is 0 Å². The lowest BCUT2D eigenvalue weighted by molar-refractivity contribution is -0.125. The summed E-state index contributed by atoms with van der Waals surface area (Å²) in [4.78, 5) is 15.3. The van der Waals surface area contributed by atoms with E-state index in [1.54, 1.807) is 0 Å². The van der Waals surface area contributed by atoms with Crippen LogP contribution in [0.15, 0.2) is 54.6 Å². The largest absolute Gasteiger partial charge is 0.347 e. The van der Waals surface area contributed by atoms with E-state index in [0.717, 1.165) is 18.0 Å². The summed E-state index contributed by atoms with van der Waals surface area (Å²) in [6, 6.07) is 19.0. The van der Waals surface area contributed by atoms with Gasteiger partial charge in [0.1, 0.15) is 0 Å². The van der Waals surface area contributed by atoms with E-state index in [-0.39, 0.29) is 11.4 Å². The van der Waals surface area contributed by atoms with Gasteiger partial charge in [-0.3, -0.25) is 4.79 Å². The minimum atomic E-state index is -0.361. The number of fused-ring (bicyclic) bond motifs is 3. The van der Waals surface area contributed by atoms with Gasteiger partial charge in [0.2, 0.25) is 5.91 Å². The van der Waals surface area contributed by atoms with Crippen molar-refractivity contribution in [1.29, 1.82) is 0 Å². The van der Waals surface area contributed by atoms with Crippen LogP contribution in [0.2, 0.25) is 0 Å². The summed E-state index contributed by atoms with van der Waals surface area (Å²) in [5.74, 6) is 1.46. The maximum atomic E-state index is 12.7. The number of piperidine rings is 3. The first kappa shape index (κ1) is 18.2. The first-order valence-corrected chi connectivity index (χ1v) is 10.2. The summed E-state index contributed by atoms with van der Waals surface area (Å²) in [7, 11) is 0. The maximum absolute atomic E-state index is 12.7. The Morgan fingerprint density at radius 2 is 1.63 bits per heavy atom. The summed E-state index contributed by atoms with van der Waals surface area (Å²) >= 11 is 0. The Balaban J connectivity index is 1.39. The van der Waals surface area contributed by atoms with E-state index >= 15 is 0 Å². The lowest BCUT2D eigenvalue weighted by atomic mass is 9.77. The lowest BCUT2D eigenvalue weighted by Crippen LogP contribution is -2.49. The molecule has 3 heterocycles. The van der Waals surface area contributed by atoms with Gasteiger partial charge in [-0.25, -0.2) is 0 Å². The predicted molar refractivity (Wildman–Crippen MR) is 110 cm³/mol. The molecule has 3 saturated heterocycles. The fraction of sp³-hybridized carbons (Fsp3) is 0.458. The van der Waals surface area contributed by atoms with Crippen LogP contribution >= 0.6 is 0 Å². The fourth-order valence-electron chi connectivity index (χ4n) is 4.74. The molecule has 0 aliphatic carbocycles. The van der Waals surface area contributed by atoms with E-state index in [1.807, 2.05) is 6.07 Å². The number of amides is 1. The molecule has 0 aromatic heterocycles. The lowest BCUT2D eigenvalue weighted by Gasteiger charge is -2.44. The molecule has 1 N–H and O–H groups in total. The molecule has 2 aromatic carbocycles. The quantitative estimate of drug-likeness (QED) is 0.853. The van der Waals surface area contributed by atoms with Crippen molar-refractivity contribution in [3.05, 3.63) is 60.2 Å². The standard InChI is InChI=1S/C24H30N2O/c1-24(2,22-10-8-19(9-11-22)18-6-4-3-5-7-18)25-23(27)16-21-17-26-14-12-20(21)13-15-26/h3-11,20-21H,12-17H2,1-2H3,(H,25,27). The first-order chi connectivity index (χ1) is 13.0. The minimum absolute atomic E-state index is 0.186. The van der Waals surface area contributed by atoms with Crippen molar-refractivity contribution in [1.82, 2.24) is 10.2 Å². The smallest absolute Gasteiger partial charge is 0.221 e. The van der Waals surface area contributed by atoms with Gasteiger partial charge in [-0.05, 0) is 68.3 Å². The molecule has 0 radical (unpaired) electrons. The highest BCUT2D eigenvalue weighted by Crippen LogP contribution is 2.34. The Morgan fingerprint density at radius 3 is 2.22 bits per heavy atom. The number of nitrogens with one attached hydrogen (secondary N) is 1. The van der Waals surface area contributed by atoms with Gasteiger partial charge in [-0.2, -0.15) is 0 Å². The molecule has 2 bridgehead atoms. The molecule has 27 heavy (non-hydrogen) atoms. The van der Waals surface area contributed by atoms with E-state index in [1.165, 1.54) is 37.1 Å². The van der Waals surface area contributed by atoms with Crippen LogP contribution in [-0.4, -0.2) is 30.4 Å². The zero-order valence-electron chi connectivity index (χ0n) is 16.4. The van der Waals surface area contributed by atoms with Crippen molar-refractivity contribution in [2.45, 2.75) is 38.6 Å². The number of hydrogen-bond acceptors (Lipinski definition) is 2. The normalized spacial score (nSPS) is 24.6. The van der Waals surface area contributed by atoms with Crippen LogP contribution in [-0.2, 0) is 10.3 Å². The van der Waals surface area contributed by atoms with E-state index < -0.39 is 0 Å². The fourth-order valence-corrected chi connectivity index (χ4v) is 4.74. The average molecular weight is 363 g/mol. The van der Waals surface area contributed by atoms with Crippen LogP contribution < -0.4 is 5.32 Å². The van der Waals surface area contributed by atoms with Crippen molar-refractivity contribution in [2.75, 3.05) is 19.6 Å². The molecule has 3 fully saturated rings. The predicted octanol–water partition coefficient (Wildman–Crippen LogP) is 4.44. The van der Waals surface area contributed by atoms with Crippen molar-refractivity contribution in [3.63, 3.8) is 0 Å². The molecule has 1 amide bonds. The zero-order valence-corrected chi connectivity index (χ0v) is 16.4. The minimum Gasteiger partial charge on any atom is -0.347 e. The summed E-state index contributed by atoms with van der Waals surface area (Å²) in [5.41, 5.74) is 3.20. The highest BCUT2D eigenvalue weighted by molar-refractivity contribution is 5.77. The van der Waals surface area contributed by atoms with E-state index in [9.17, 15) is 4.79 Å². The van der Waals surface area contributed by atoms with Gasteiger partial charge in [0.25, 0.3) is 0 Å². The number of carbonyl (C=O) groups is 1. The molecule has 142 valence electrons. The summed E-state index contributed by atoms with van der Waals surface area (Å²) < 4.78 is 0. The van der Waals surface area contributed by atoms with Crippen LogP contribution in [0, 0.1) is 11.8 Å². The molecule has 3 aliphatic rings. The molecule has 1 unspecified atom stereocenters. The third-order valence-electron chi connectivity index (χ3n) is 6.40. The van der Waals surface area contributed by atoms with Gasteiger partial charge in [0, 0.05) is 13.0 Å². The summed E-state index contributed by atoms with van der Waals surface area (Å²) in [5, 5.41) is 3.28. The second-order valence-corrected chi connectivity index (χ2v) is 8.72. The molecule has 0 spiro atoms. The van der Waals surface area contributed by atoms with Crippen molar-refractivity contribution in [3.8, 4) is 11.1 Å². The molecule has 1 atom stereocenters. The molecular formula is C24H30N2O. The SMILES string of the molecule is CC(C)(NC(=O)CC1CN2CCC1CC2)c1ccc(-c2ccccc2)cc1. The Labute approximate surface area is 162 Å². The molecule has 5 rings (SSSR count). The topological polar surface area (TPSA) is 32.3 Å². The number of benzene rings is 2. The van der Waals surface area contributed by atoms with Crippen molar-refractivity contribution >= 4 is 5.91 Å². The summed E-state index contributed by atoms with van der Waals surface area (Å²) in [6.45, 7) is 7.74. The van der Waals surface area contributed by atoms with Gasteiger partial charge in [-0.15, -0.1) is 0 Å². The van der Waals surface area contributed by atoms with Crippen molar-refractivity contribution < 1.29 is 4.79 Å². The zero-order chi connectivity index (χ0) is 18.9. The number of nitrogens with zero attached hydrogens (tertiary/aromatic N) is 1. The highest BCUT2D eigenvalue weighted by atomic mass is 16.1. The van der Waals surface area contributed by atoms with Crippen LogP contribution in [0.25, 0.3) is 11.1 Å². The summed E-state index contributed by atoms with van der Waals surface area (Å²) in [6.07, 6.45) is 3.19. The second-order valence-electron chi connectivity index (χ2n) is 8.72. The first-order valence-electron chi connectivity index (χ1n) is 10.2. The van der Waals surface area contributed by atoms with Crippen molar-refractivity contribution in [2.24, 2.45) is 11.8 Å². The van der Waals surface area contributed by atoms with Crippen LogP contribution in [0.5, 0.6) is 0 Å². The van der Waals surface area contributed by atoms with Gasteiger partial charge >= 0.3 is 0 Å². The Bertz CT molecular complexity index is 774. The van der Waals surface area contributed by atoms with Gasteiger partial charge < -0.3 is 10.2 Å². The van der Waals surface area contributed by atoms with Gasteiger partial charge in [0.05, 0.1) is 5.54 Å². The Morgan fingerprint density at radius 1 is 1.00 bits per heavy atom. The molecule has 3 aliphatic heterocycles. The molecule has 3 nitrogen and oxygen atoms in total. The highest BCUT2D eigenvalue weighted by Gasteiger charge is 2.35. The average Bonchev–Trinajstić information content (AvgIpc) is 2.69. The van der Waals surface area contributed by atoms with E-state index in [4.69, 9.17) is 0 Å². The third-order valence-corrected chi connectivity index (χ3v) is 6.40. The third kappa shape index (κ3) is 4.08. The molecular weight excluding hydrogens is 332 g/mol. The number of hydrogen-bond donors (Lipinski definition) is 1. The van der Waals surface area contributed by atoms with Gasteiger partial charge in [-0.1, -0.05) is 54.6 Å². The Hall–Kier alpha value is -2.13.